The van der Waals surface area contributed by atoms with Crippen LogP contribution in [0.1, 0.15) is 10.4 Å². The van der Waals surface area contributed by atoms with E-state index >= 15 is 0 Å². The monoisotopic (exact) mass is 296 g/mol. The molecule has 0 fully saturated rings. The summed E-state index contributed by atoms with van der Waals surface area (Å²) in [4.78, 5) is 10.7. The zero-order valence-electron chi connectivity index (χ0n) is 9.89. The van der Waals surface area contributed by atoms with Crippen LogP contribution in [0.3, 0.4) is 0 Å². The largest absolute Gasteiger partial charge is 0.502 e. The highest BCUT2D eigenvalue weighted by Gasteiger charge is 2.14. The van der Waals surface area contributed by atoms with E-state index in [9.17, 15) is 9.90 Å². The quantitative estimate of drug-likeness (QED) is 0.583. The van der Waals surface area contributed by atoms with E-state index in [2.05, 4.69) is 0 Å². The molecule has 0 aliphatic carbocycles. The van der Waals surface area contributed by atoms with Gasteiger partial charge < -0.3 is 19.7 Å². The standard InChI is InChI=1S/C9H10O5.H2O4S/c1-13-6-3-5(9(11)12)4-7(14-2)8(6)10;1-5(2,3)4/h3-4,10H,1-2H3,(H,11,12);(H2,1,2,3,4). The van der Waals surface area contributed by atoms with E-state index in [4.69, 9.17) is 32.1 Å². The number of aromatic hydroxyl groups is 1. The number of carbonyl (C=O) groups is 1. The van der Waals surface area contributed by atoms with E-state index in [1.54, 1.807) is 0 Å². The first-order valence-electron chi connectivity index (χ1n) is 4.48. The highest BCUT2D eigenvalue weighted by molar-refractivity contribution is 7.79. The fourth-order valence-electron chi connectivity index (χ4n) is 1.02. The third kappa shape index (κ3) is 6.45. The number of methoxy groups -OCH3 is 2. The van der Waals surface area contributed by atoms with Crippen molar-refractivity contribution >= 4 is 16.4 Å². The van der Waals surface area contributed by atoms with Crippen LogP contribution in [0.5, 0.6) is 17.2 Å². The first-order valence-corrected chi connectivity index (χ1v) is 5.88. The van der Waals surface area contributed by atoms with Crippen LogP contribution in [0.25, 0.3) is 0 Å². The third-order valence-electron chi connectivity index (χ3n) is 1.73. The zero-order valence-corrected chi connectivity index (χ0v) is 10.7. The summed E-state index contributed by atoms with van der Waals surface area (Å²) in [6.45, 7) is 0. The Balaban J connectivity index is 0.000000555. The molecule has 10 heteroatoms. The van der Waals surface area contributed by atoms with Crippen molar-refractivity contribution in [1.82, 2.24) is 0 Å². The molecule has 0 radical (unpaired) electrons. The Kier molecular flexibility index (Phi) is 6.05. The molecule has 0 unspecified atom stereocenters. The lowest BCUT2D eigenvalue weighted by Crippen LogP contribution is -1.98. The summed E-state index contributed by atoms with van der Waals surface area (Å²) in [6.07, 6.45) is 0. The van der Waals surface area contributed by atoms with Gasteiger partial charge in [0.2, 0.25) is 5.75 Å². The van der Waals surface area contributed by atoms with Gasteiger partial charge in [0.1, 0.15) is 0 Å². The van der Waals surface area contributed by atoms with Gasteiger partial charge in [0.25, 0.3) is 0 Å². The summed E-state index contributed by atoms with van der Waals surface area (Å²) in [5.41, 5.74) is -0.00324. The number of phenolic OH excluding ortho intramolecular Hbond substituents is 1. The fraction of sp³-hybridized carbons (Fsp3) is 0.222. The van der Waals surface area contributed by atoms with Crippen LogP contribution in [-0.4, -0.2) is 47.9 Å². The van der Waals surface area contributed by atoms with Gasteiger partial charge in [-0.15, -0.1) is 0 Å². The summed E-state index contributed by atoms with van der Waals surface area (Å²) in [5.74, 6) is -1.18. The van der Waals surface area contributed by atoms with Crippen LogP contribution in [0.15, 0.2) is 12.1 Å². The van der Waals surface area contributed by atoms with Gasteiger partial charge in [0, 0.05) is 0 Å². The van der Waals surface area contributed by atoms with Crippen molar-refractivity contribution in [2.24, 2.45) is 0 Å². The number of carboxylic acid groups (broad SMARTS) is 1. The van der Waals surface area contributed by atoms with E-state index in [0.717, 1.165) is 0 Å². The van der Waals surface area contributed by atoms with Crippen LogP contribution in [-0.2, 0) is 10.4 Å². The smallest absolute Gasteiger partial charge is 0.394 e. The molecular formula is C9H12O9S. The number of rotatable bonds is 3. The molecule has 19 heavy (non-hydrogen) atoms. The van der Waals surface area contributed by atoms with Crippen molar-refractivity contribution in [2.45, 2.75) is 0 Å². The van der Waals surface area contributed by atoms with Crippen molar-refractivity contribution in [1.29, 1.82) is 0 Å². The third-order valence-corrected chi connectivity index (χ3v) is 1.73. The topological polar surface area (TPSA) is 151 Å². The Labute approximate surface area is 108 Å². The van der Waals surface area contributed by atoms with Crippen LogP contribution < -0.4 is 9.47 Å². The minimum absolute atomic E-state index is 0.00324. The summed E-state index contributed by atoms with van der Waals surface area (Å²) >= 11 is 0. The van der Waals surface area contributed by atoms with Gasteiger partial charge in [0.15, 0.2) is 11.5 Å². The van der Waals surface area contributed by atoms with Gasteiger partial charge in [-0.3, -0.25) is 9.11 Å². The van der Waals surface area contributed by atoms with Crippen molar-refractivity contribution in [2.75, 3.05) is 14.2 Å². The molecule has 0 bridgehead atoms. The molecule has 1 rings (SSSR count). The first kappa shape index (κ1) is 17.0. The SMILES string of the molecule is COc1cc(C(=O)O)cc(OC)c1O.O=S(=O)(O)O. The fourth-order valence-corrected chi connectivity index (χ4v) is 1.02. The average molecular weight is 296 g/mol. The molecule has 0 aromatic heterocycles. The van der Waals surface area contributed by atoms with E-state index < -0.39 is 16.4 Å². The highest BCUT2D eigenvalue weighted by atomic mass is 32.3. The van der Waals surface area contributed by atoms with E-state index in [1.165, 1.54) is 26.4 Å². The molecule has 0 aliphatic rings. The van der Waals surface area contributed by atoms with Crippen molar-refractivity contribution in [3.8, 4) is 17.2 Å². The Hall–Kier alpha value is -2.04. The lowest BCUT2D eigenvalue weighted by atomic mass is 10.2. The lowest BCUT2D eigenvalue weighted by molar-refractivity contribution is 0.0696. The lowest BCUT2D eigenvalue weighted by Gasteiger charge is -2.08. The number of hydrogen-bond acceptors (Lipinski definition) is 6. The molecule has 4 N–H and O–H groups in total. The number of carboxylic acids is 1. The zero-order chi connectivity index (χ0) is 15.2. The second-order valence-corrected chi connectivity index (χ2v) is 3.88. The van der Waals surface area contributed by atoms with Gasteiger partial charge in [-0.05, 0) is 12.1 Å². The highest BCUT2D eigenvalue weighted by Crippen LogP contribution is 2.36. The molecular weight excluding hydrogens is 284 g/mol. The summed E-state index contributed by atoms with van der Waals surface area (Å²) in [5, 5.41) is 18.2. The summed E-state index contributed by atoms with van der Waals surface area (Å²) < 4.78 is 41.2. The number of benzene rings is 1. The number of aromatic carboxylic acids is 1. The normalized spacial score (nSPS) is 10.1. The summed E-state index contributed by atoms with van der Waals surface area (Å²) in [6, 6.07) is 2.44. The van der Waals surface area contributed by atoms with Crippen molar-refractivity contribution < 1.29 is 42.0 Å². The Morgan fingerprint density at radius 2 is 1.42 bits per heavy atom. The molecule has 0 atom stereocenters. The molecule has 1 aromatic rings. The predicted molar refractivity (Wildman–Crippen MR) is 62.3 cm³/mol. The van der Waals surface area contributed by atoms with Crippen molar-refractivity contribution in [3.63, 3.8) is 0 Å². The molecule has 0 aliphatic heterocycles. The molecule has 0 spiro atoms. The second-order valence-electron chi connectivity index (χ2n) is 2.98. The van der Waals surface area contributed by atoms with E-state index in [0.29, 0.717) is 0 Å². The second kappa shape index (κ2) is 6.78. The maximum atomic E-state index is 10.7. The molecule has 0 saturated heterocycles. The predicted octanol–water partition coefficient (Wildman–Crippen LogP) is 0.455. The minimum atomic E-state index is -4.67. The first-order chi connectivity index (χ1) is 8.60. The average Bonchev–Trinajstić information content (AvgIpc) is 2.26. The van der Waals surface area contributed by atoms with Gasteiger partial charge in [-0.2, -0.15) is 8.42 Å². The molecule has 0 amide bonds. The van der Waals surface area contributed by atoms with Crippen LogP contribution in [0, 0.1) is 0 Å². The molecule has 0 heterocycles. The maximum absolute atomic E-state index is 10.7. The maximum Gasteiger partial charge on any atom is 0.394 e. The number of phenols is 1. The molecule has 108 valence electrons. The number of hydrogen-bond donors (Lipinski definition) is 4. The van der Waals surface area contributed by atoms with Crippen LogP contribution >= 0.6 is 0 Å². The van der Waals surface area contributed by atoms with Crippen LogP contribution in [0.2, 0.25) is 0 Å². The Morgan fingerprint density at radius 1 is 1.11 bits per heavy atom. The van der Waals surface area contributed by atoms with Crippen LogP contribution in [0.4, 0.5) is 0 Å². The molecule has 1 aromatic carbocycles. The molecule has 0 saturated carbocycles. The Bertz CT molecular complexity index is 516. The molecule has 9 nitrogen and oxygen atoms in total. The number of ether oxygens (including phenoxy) is 2. The van der Waals surface area contributed by atoms with Crippen molar-refractivity contribution in [3.05, 3.63) is 17.7 Å². The Morgan fingerprint density at radius 3 is 1.63 bits per heavy atom. The van der Waals surface area contributed by atoms with Gasteiger partial charge >= 0.3 is 16.4 Å². The summed E-state index contributed by atoms with van der Waals surface area (Å²) in [7, 11) is -2.00. The van der Waals surface area contributed by atoms with Gasteiger partial charge in [-0.1, -0.05) is 0 Å². The van der Waals surface area contributed by atoms with E-state index in [-0.39, 0.29) is 22.8 Å². The van der Waals surface area contributed by atoms with E-state index in [1.807, 2.05) is 0 Å². The minimum Gasteiger partial charge on any atom is -0.502 e. The van der Waals surface area contributed by atoms with Gasteiger partial charge in [-0.25, -0.2) is 4.79 Å². The van der Waals surface area contributed by atoms with Gasteiger partial charge in [0.05, 0.1) is 19.8 Å².